The Morgan fingerprint density at radius 3 is 2.18 bits per heavy atom. The zero-order valence-electron chi connectivity index (χ0n) is 20.2. The lowest BCUT2D eigenvalue weighted by molar-refractivity contribution is -0.148. The Balaban J connectivity index is 1.27. The summed E-state index contributed by atoms with van der Waals surface area (Å²) in [6.07, 6.45) is 11.1. The molecule has 2 fully saturated rings. The minimum absolute atomic E-state index is 0.206. The standard InChI is InChI=1S/C27H42F4OSi/c1-2-17-33-18-15-24(16-19-33)23-11-7-21(8-12-23)5-3-4-6-22-9-13-25(14-10-22)32-20-27(30,31)26(28)29/h9-10,13-14,21,23-24,26,33H,2-8,11-12,15-20H2,1H3. The van der Waals surface area contributed by atoms with Crippen molar-refractivity contribution in [2.24, 2.45) is 17.8 Å². The van der Waals surface area contributed by atoms with E-state index in [1.165, 1.54) is 57.8 Å². The average molecular weight is 487 g/mol. The van der Waals surface area contributed by atoms with E-state index in [9.17, 15) is 17.6 Å². The summed E-state index contributed by atoms with van der Waals surface area (Å²) < 4.78 is 55.1. The topological polar surface area (TPSA) is 9.23 Å². The van der Waals surface area contributed by atoms with Crippen LogP contribution >= 0.6 is 0 Å². The molecule has 6 heteroatoms. The Morgan fingerprint density at radius 1 is 0.939 bits per heavy atom. The van der Waals surface area contributed by atoms with Gasteiger partial charge in [0.25, 0.3) is 0 Å². The molecule has 188 valence electrons. The van der Waals surface area contributed by atoms with Gasteiger partial charge in [-0.3, -0.25) is 0 Å². The van der Waals surface area contributed by atoms with Crippen LogP contribution < -0.4 is 4.74 Å². The van der Waals surface area contributed by atoms with Gasteiger partial charge in [-0.25, -0.2) is 8.78 Å². The predicted octanol–water partition coefficient (Wildman–Crippen LogP) is 8.53. The van der Waals surface area contributed by atoms with Crippen LogP contribution in [0.3, 0.4) is 0 Å². The van der Waals surface area contributed by atoms with Crippen LogP contribution in [-0.4, -0.2) is 27.8 Å². The number of benzene rings is 1. The third kappa shape index (κ3) is 8.59. The van der Waals surface area contributed by atoms with Crippen molar-refractivity contribution in [3.8, 4) is 5.75 Å². The third-order valence-electron chi connectivity index (χ3n) is 8.15. The Hall–Kier alpha value is -1.04. The average Bonchev–Trinajstić information content (AvgIpc) is 2.82. The lowest BCUT2D eigenvalue weighted by atomic mass is 9.73. The highest BCUT2D eigenvalue weighted by molar-refractivity contribution is 6.58. The van der Waals surface area contributed by atoms with Gasteiger partial charge in [0, 0.05) is 8.80 Å². The molecule has 1 aromatic carbocycles. The van der Waals surface area contributed by atoms with E-state index in [1.54, 1.807) is 30.3 Å². The molecule has 1 aromatic rings. The summed E-state index contributed by atoms with van der Waals surface area (Å²) in [7, 11) is -0.359. The third-order valence-corrected chi connectivity index (χ3v) is 11.8. The van der Waals surface area contributed by atoms with Gasteiger partial charge >= 0.3 is 12.3 Å². The monoisotopic (exact) mass is 486 g/mol. The van der Waals surface area contributed by atoms with E-state index in [0.717, 1.165) is 36.2 Å². The van der Waals surface area contributed by atoms with E-state index < -0.39 is 19.0 Å². The summed E-state index contributed by atoms with van der Waals surface area (Å²) in [5.41, 5.74) is 1.13. The highest BCUT2D eigenvalue weighted by Gasteiger charge is 2.41. The first kappa shape index (κ1) is 26.6. The van der Waals surface area contributed by atoms with Crippen molar-refractivity contribution in [1.82, 2.24) is 0 Å². The maximum absolute atomic E-state index is 13.0. The molecular weight excluding hydrogens is 444 g/mol. The molecule has 1 saturated carbocycles. The van der Waals surface area contributed by atoms with Crippen LogP contribution in [0.5, 0.6) is 5.75 Å². The first-order valence-corrected chi connectivity index (χ1v) is 15.7. The number of hydrogen-bond acceptors (Lipinski definition) is 1. The first-order valence-electron chi connectivity index (χ1n) is 13.2. The van der Waals surface area contributed by atoms with Crippen LogP contribution in [0.2, 0.25) is 18.1 Å². The SMILES string of the molecule is CCC[SiH]1CCC(C2CCC(CCCCc3ccc(OCC(F)(F)C(F)F)cc3)CC2)CC1. The second-order valence-corrected chi connectivity index (χ2v) is 14.1. The summed E-state index contributed by atoms with van der Waals surface area (Å²) in [5.74, 6) is -0.997. The Bertz CT molecular complexity index is 665. The fraction of sp³-hybridized carbons (Fsp3) is 0.778. The molecule has 1 saturated heterocycles. The maximum atomic E-state index is 13.0. The van der Waals surface area contributed by atoms with E-state index >= 15 is 0 Å². The summed E-state index contributed by atoms with van der Waals surface area (Å²) in [5, 5.41) is 0. The number of hydrogen-bond donors (Lipinski definition) is 0. The highest BCUT2D eigenvalue weighted by atomic mass is 28.3. The molecule has 3 rings (SSSR count). The van der Waals surface area contributed by atoms with E-state index in [2.05, 4.69) is 6.92 Å². The van der Waals surface area contributed by atoms with Crippen molar-refractivity contribution in [2.45, 2.75) is 108 Å². The van der Waals surface area contributed by atoms with Gasteiger partial charge in [0.1, 0.15) is 5.75 Å². The summed E-state index contributed by atoms with van der Waals surface area (Å²) in [6, 6.07) is 11.7. The molecule has 33 heavy (non-hydrogen) atoms. The predicted molar refractivity (Wildman–Crippen MR) is 130 cm³/mol. The quantitative estimate of drug-likeness (QED) is 0.163. The zero-order valence-corrected chi connectivity index (χ0v) is 21.4. The van der Waals surface area contributed by atoms with Crippen molar-refractivity contribution in [3.63, 3.8) is 0 Å². The van der Waals surface area contributed by atoms with Crippen LogP contribution in [0.1, 0.15) is 76.7 Å². The van der Waals surface area contributed by atoms with Gasteiger partial charge < -0.3 is 4.74 Å². The van der Waals surface area contributed by atoms with Gasteiger partial charge in [-0.05, 0) is 61.1 Å². The lowest BCUT2D eigenvalue weighted by Gasteiger charge is -2.37. The van der Waals surface area contributed by atoms with Gasteiger partial charge in [0.2, 0.25) is 0 Å². The molecule has 0 amide bonds. The summed E-state index contributed by atoms with van der Waals surface area (Å²) >= 11 is 0. The number of ether oxygens (including phenoxy) is 1. The van der Waals surface area contributed by atoms with Gasteiger partial charge in [-0.1, -0.05) is 82.1 Å². The molecule has 0 bridgehead atoms. The number of rotatable bonds is 12. The van der Waals surface area contributed by atoms with Crippen LogP contribution in [0.25, 0.3) is 0 Å². The Kier molecular flexibility index (Phi) is 10.6. The van der Waals surface area contributed by atoms with Crippen molar-refractivity contribution in [2.75, 3.05) is 6.61 Å². The molecule has 1 heterocycles. The van der Waals surface area contributed by atoms with E-state index in [1.807, 2.05) is 12.1 Å². The van der Waals surface area contributed by atoms with Crippen LogP contribution in [0.15, 0.2) is 24.3 Å². The highest BCUT2D eigenvalue weighted by Crippen LogP contribution is 2.42. The smallest absolute Gasteiger partial charge is 0.340 e. The molecule has 2 aliphatic rings. The Morgan fingerprint density at radius 2 is 1.58 bits per heavy atom. The summed E-state index contributed by atoms with van der Waals surface area (Å²) in [4.78, 5) is 0. The van der Waals surface area contributed by atoms with E-state index in [-0.39, 0.29) is 14.5 Å². The van der Waals surface area contributed by atoms with Gasteiger partial charge in [0.15, 0.2) is 6.61 Å². The van der Waals surface area contributed by atoms with Gasteiger partial charge in [0.05, 0.1) is 0 Å². The van der Waals surface area contributed by atoms with Crippen molar-refractivity contribution < 1.29 is 22.3 Å². The molecular formula is C27H42F4OSi. The molecule has 0 N–H and O–H groups in total. The van der Waals surface area contributed by atoms with Crippen LogP contribution in [0, 0.1) is 17.8 Å². The molecule has 1 aliphatic carbocycles. The van der Waals surface area contributed by atoms with Crippen LogP contribution in [0.4, 0.5) is 17.6 Å². The largest absolute Gasteiger partial charge is 0.487 e. The molecule has 0 atom stereocenters. The second-order valence-electron chi connectivity index (χ2n) is 10.6. The van der Waals surface area contributed by atoms with Crippen molar-refractivity contribution >= 4 is 8.80 Å². The number of halogens is 4. The van der Waals surface area contributed by atoms with Crippen LogP contribution in [-0.2, 0) is 6.42 Å². The lowest BCUT2D eigenvalue weighted by Crippen LogP contribution is -2.33. The molecule has 1 nitrogen and oxygen atoms in total. The van der Waals surface area contributed by atoms with Crippen molar-refractivity contribution in [1.29, 1.82) is 0 Å². The Labute approximate surface area is 199 Å². The van der Waals surface area contributed by atoms with Gasteiger partial charge in [-0.2, -0.15) is 8.78 Å². The molecule has 0 radical (unpaired) electrons. The number of alkyl halides is 4. The van der Waals surface area contributed by atoms with Gasteiger partial charge in [-0.15, -0.1) is 0 Å². The normalized spacial score (nSPS) is 26.5. The minimum Gasteiger partial charge on any atom is -0.487 e. The zero-order chi connectivity index (χ0) is 23.7. The van der Waals surface area contributed by atoms with Crippen molar-refractivity contribution in [3.05, 3.63) is 29.8 Å². The molecule has 0 aromatic heterocycles. The minimum atomic E-state index is -4.12. The molecule has 1 aliphatic heterocycles. The fourth-order valence-electron chi connectivity index (χ4n) is 6.06. The van der Waals surface area contributed by atoms with E-state index in [0.29, 0.717) is 0 Å². The molecule has 0 unspecified atom stereocenters. The van der Waals surface area contributed by atoms with E-state index in [4.69, 9.17) is 4.74 Å². The first-order chi connectivity index (χ1) is 15.9. The summed E-state index contributed by atoms with van der Waals surface area (Å²) in [6.45, 7) is 1.05. The number of unbranched alkanes of at least 4 members (excludes halogenated alkanes) is 1. The maximum Gasteiger partial charge on any atom is 0.340 e. The fourth-order valence-corrected chi connectivity index (χ4v) is 9.54. The molecule has 0 spiro atoms. The number of aryl methyl sites for hydroxylation is 1. The second kappa shape index (κ2) is 13.2.